The number of pyridine rings is 1. The average Bonchev–Trinajstić information content (AvgIpc) is 2.67. The third kappa shape index (κ3) is 5.37. The molecule has 1 aromatic rings. The fourth-order valence-corrected chi connectivity index (χ4v) is 3.87. The predicted molar refractivity (Wildman–Crippen MR) is 111 cm³/mol. The fraction of sp³-hybridized carbons (Fsp3) is 0.650. The first-order valence-corrected chi connectivity index (χ1v) is 10.7. The molecule has 0 bridgehead atoms. The van der Waals surface area contributed by atoms with Crippen molar-refractivity contribution in [1.82, 2.24) is 14.8 Å². The summed E-state index contributed by atoms with van der Waals surface area (Å²) >= 11 is 3.40. The standard InChI is InChI=1S/C20H29BrN4O3/c1-20(2,3)28-19(27)25-8-4-5-15(14-25)18(26)24-11-9-23(10-12-24)17-7-6-16(21)13-22-17/h6-7,13,15H,4-5,8-12,14H2,1-3H3. The van der Waals surface area contributed by atoms with Gasteiger partial charge in [0.2, 0.25) is 5.91 Å². The van der Waals surface area contributed by atoms with E-state index in [4.69, 9.17) is 4.74 Å². The summed E-state index contributed by atoms with van der Waals surface area (Å²) in [6, 6.07) is 3.97. The zero-order chi connectivity index (χ0) is 20.3. The average molecular weight is 453 g/mol. The minimum atomic E-state index is -0.522. The first-order chi connectivity index (χ1) is 13.2. The molecule has 2 saturated heterocycles. The lowest BCUT2D eigenvalue weighted by molar-refractivity contribution is -0.137. The van der Waals surface area contributed by atoms with Gasteiger partial charge < -0.3 is 19.4 Å². The lowest BCUT2D eigenvalue weighted by Gasteiger charge is -2.39. The Bertz CT molecular complexity index is 696. The van der Waals surface area contributed by atoms with Gasteiger partial charge in [-0.2, -0.15) is 0 Å². The molecule has 0 aliphatic carbocycles. The van der Waals surface area contributed by atoms with Gasteiger partial charge in [0.25, 0.3) is 0 Å². The molecule has 2 fully saturated rings. The lowest BCUT2D eigenvalue weighted by atomic mass is 9.96. The largest absolute Gasteiger partial charge is 0.444 e. The Kier molecular flexibility index (Phi) is 6.47. The molecule has 0 radical (unpaired) electrons. The smallest absolute Gasteiger partial charge is 0.410 e. The maximum atomic E-state index is 13.0. The second-order valence-electron chi connectivity index (χ2n) is 8.41. The van der Waals surface area contributed by atoms with E-state index < -0.39 is 5.60 Å². The number of nitrogens with zero attached hydrogens (tertiary/aromatic N) is 4. The maximum Gasteiger partial charge on any atom is 0.410 e. The van der Waals surface area contributed by atoms with Crippen molar-refractivity contribution in [2.45, 2.75) is 39.2 Å². The van der Waals surface area contributed by atoms with Gasteiger partial charge in [0.15, 0.2) is 0 Å². The van der Waals surface area contributed by atoms with Crippen LogP contribution in [0.15, 0.2) is 22.8 Å². The number of hydrogen-bond donors (Lipinski definition) is 0. The molecule has 2 aliphatic heterocycles. The van der Waals surface area contributed by atoms with Gasteiger partial charge in [-0.3, -0.25) is 4.79 Å². The highest BCUT2D eigenvalue weighted by Gasteiger charge is 2.34. The Morgan fingerprint density at radius 3 is 2.43 bits per heavy atom. The Morgan fingerprint density at radius 2 is 1.82 bits per heavy atom. The van der Waals surface area contributed by atoms with E-state index in [2.05, 4.69) is 25.8 Å². The van der Waals surface area contributed by atoms with Gasteiger partial charge in [-0.05, 0) is 61.7 Å². The number of likely N-dealkylation sites (tertiary alicyclic amines) is 1. The van der Waals surface area contributed by atoms with Crippen molar-refractivity contribution >= 4 is 33.7 Å². The summed E-state index contributed by atoms with van der Waals surface area (Å²) < 4.78 is 6.42. The molecule has 0 spiro atoms. The van der Waals surface area contributed by atoms with Crippen LogP contribution in [0, 0.1) is 5.92 Å². The van der Waals surface area contributed by atoms with E-state index in [0.717, 1.165) is 36.2 Å². The molecule has 3 heterocycles. The van der Waals surface area contributed by atoms with E-state index in [9.17, 15) is 9.59 Å². The van der Waals surface area contributed by atoms with Crippen LogP contribution < -0.4 is 4.90 Å². The highest BCUT2D eigenvalue weighted by molar-refractivity contribution is 9.10. The molecule has 1 aromatic heterocycles. The molecule has 0 aromatic carbocycles. The van der Waals surface area contributed by atoms with Crippen molar-refractivity contribution < 1.29 is 14.3 Å². The third-order valence-corrected chi connectivity index (χ3v) is 5.52. The lowest BCUT2D eigenvalue weighted by Crippen LogP contribution is -2.53. The van der Waals surface area contributed by atoms with Crippen LogP contribution in [-0.4, -0.2) is 71.7 Å². The number of carbonyl (C=O) groups is 2. The molecular weight excluding hydrogens is 424 g/mol. The molecule has 8 heteroatoms. The molecule has 2 amide bonds. The Hall–Kier alpha value is -1.83. The number of hydrogen-bond acceptors (Lipinski definition) is 5. The molecular formula is C20H29BrN4O3. The summed E-state index contributed by atoms with van der Waals surface area (Å²) in [5.74, 6) is 0.944. The first-order valence-electron chi connectivity index (χ1n) is 9.86. The van der Waals surface area contributed by atoms with Crippen molar-refractivity contribution in [3.63, 3.8) is 0 Å². The van der Waals surface area contributed by atoms with Crippen molar-refractivity contribution in [1.29, 1.82) is 0 Å². The minimum absolute atomic E-state index is 0.140. The van der Waals surface area contributed by atoms with Crippen LogP contribution >= 0.6 is 15.9 Å². The van der Waals surface area contributed by atoms with Crippen molar-refractivity contribution in [3.05, 3.63) is 22.8 Å². The number of anilines is 1. The predicted octanol–water partition coefficient (Wildman–Crippen LogP) is 3.14. The highest BCUT2D eigenvalue weighted by atomic mass is 79.9. The number of carbonyl (C=O) groups excluding carboxylic acids is 2. The van der Waals surface area contributed by atoms with Crippen LogP contribution in [0.25, 0.3) is 0 Å². The van der Waals surface area contributed by atoms with Crippen molar-refractivity contribution in [2.24, 2.45) is 5.92 Å². The molecule has 7 nitrogen and oxygen atoms in total. The summed E-state index contributed by atoms with van der Waals surface area (Å²) in [6.07, 6.45) is 3.13. The van der Waals surface area contributed by atoms with E-state index >= 15 is 0 Å². The number of halogens is 1. The molecule has 0 N–H and O–H groups in total. The van der Waals surface area contributed by atoms with Crippen LogP contribution in [0.2, 0.25) is 0 Å². The second kappa shape index (κ2) is 8.68. The summed E-state index contributed by atoms with van der Waals surface area (Å²) in [5.41, 5.74) is -0.522. The monoisotopic (exact) mass is 452 g/mol. The number of piperazine rings is 1. The molecule has 0 saturated carbocycles. The molecule has 28 heavy (non-hydrogen) atoms. The number of aromatic nitrogens is 1. The molecule has 1 atom stereocenters. The van der Waals surface area contributed by atoms with Gasteiger partial charge in [-0.15, -0.1) is 0 Å². The second-order valence-corrected chi connectivity index (χ2v) is 9.33. The SMILES string of the molecule is CC(C)(C)OC(=O)N1CCCC(C(=O)N2CCN(c3ccc(Br)cn3)CC2)C1. The fourth-order valence-electron chi connectivity index (χ4n) is 3.64. The maximum absolute atomic E-state index is 13.0. The first kappa shape index (κ1) is 20.9. The number of piperidine rings is 1. The van der Waals surface area contributed by atoms with Gasteiger partial charge in [-0.25, -0.2) is 9.78 Å². The molecule has 1 unspecified atom stereocenters. The Balaban J connectivity index is 1.53. The van der Waals surface area contributed by atoms with Gasteiger partial charge in [0, 0.05) is 49.9 Å². The van der Waals surface area contributed by atoms with Gasteiger partial charge in [0.1, 0.15) is 11.4 Å². The number of rotatable bonds is 2. The zero-order valence-corrected chi connectivity index (χ0v) is 18.4. The van der Waals surface area contributed by atoms with Crippen LogP contribution in [0.3, 0.4) is 0 Å². The molecule has 2 aliphatic rings. The van der Waals surface area contributed by atoms with E-state index in [1.165, 1.54) is 0 Å². The quantitative estimate of drug-likeness (QED) is 0.689. The van der Waals surface area contributed by atoms with E-state index in [0.29, 0.717) is 26.2 Å². The normalized spacial score (nSPS) is 20.9. The van der Waals surface area contributed by atoms with E-state index in [-0.39, 0.29) is 17.9 Å². The van der Waals surface area contributed by atoms with E-state index in [1.807, 2.05) is 37.8 Å². The highest BCUT2D eigenvalue weighted by Crippen LogP contribution is 2.23. The summed E-state index contributed by atoms with van der Waals surface area (Å²) in [6.45, 7) is 9.57. The Morgan fingerprint density at radius 1 is 1.11 bits per heavy atom. The van der Waals surface area contributed by atoms with Crippen LogP contribution in [0.1, 0.15) is 33.6 Å². The third-order valence-electron chi connectivity index (χ3n) is 5.05. The van der Waals surface area contributed by atoms with Crippen LogP contribution in [0.5, 0.6) is 0 Å². The van der Waals surface area contributed by atoms with Crippen molar-refractivity contribution in [2.75, 3.05) is 44.2 Å². The van der Waals surface area contributed by atoms with Crippen molar-refractivity contribution in [3.8, 4) is 0 Å². The minimum Gasteiger partial charge on any atom is -0.444 e. The topological polar surface area (TPSA) is 66.0 Å². The Labute approximate surface area is 175 Å². The zero-order valence-electron chi connectivity index (χ0n) is 16.9. The van der Waals surface area contributed by atoms with Crippen LogP contribution in [0.4, 0.5) is 10.6 Å². The van der Waals surface area contributed by atoms with Gasteiger partial charge >= 0.3 is 6.09 Å². The summed E-state index contributed by atoms with van der Waals surface area (Å²) in [5, 5.41) is 0. The van der Waals surface area contributed by atoms with Gasteiger partial charge in [-0.1, -0.05) is 0 Å². The summed E-state index contributed by atoms with van der Waals surface area (Å²) in [4.78, 5) is 35.6. The summed E-state index contributed by atoms with van der Waals surface area (Å²) in [7, 11) is 0. The van der Waals surface area contributed by atoms with Crippen LogP contribution in [-0.2, 0) is 9.53 Å². The number of ether oxygens (including phenoxy) is 1. The van der Waals surface area contributed by atoms with Gasteiger partial charge in [0.05, 0.1) is 5.92 Å². The molecule has 154 valence electrons. The van der Waals surface area contributed by atoms with E-state index in [1.54, 1.807) is 11.1 Å². The number of amides is 2. The molecule has 3 rings (SSSR count).